The Balaban J connectivity index is 1.50. The molecule has 2 saturated heterocycles. The molecular weight excluding hydrogens is 664 g/mol. The Kier molecular flexibility index (Phi) is 5.91. The quantitative estimate of drug-likeness (QED) is 0.197. The molecule has 0 amide bonds. The third kappa shape index (κ3) is 3.02. The maximum Gasteiger partial charge on any atom is 0.320 e. The van der Waals surface area contributed by atoms with Gasteiger partial charge in [0, 0.05) is 0 Å². The molecule has 0 N–H and O–H groups in total. The van der Waals surface area contributed by atoms with Crippen molar-refractivity contribution in [1.29, 1.82) is 0 Å². The Bertz CT molecular complexity index is 2510. The van der Waals surface area contributed by atoms with Gasteiger partial charge in [-0.25, -0.2) is 0 Å². The molecule has 0 unspecified atom stereocenters. The maximum atomic E-state index is 15.4. The fourth-order valence-electron chi connectivity index (χ4n) is 9.96. The van der Waals surface area contributed by atoms with E-state index < -0.39 is 57.0 Å². The molecule has 258 valence electrons. The monoisotopic (exact) mass is 694 g/mol. The van der Waals surface area contributed by atoms with Gasteiger partial charge in [-0.1, -0.05) is 83.9 Å². The molecule has 2 aromatic heterocycles. The molecule has 6 heterocycles. The lowest BCUT2D eigenvalue weighted by molar-refractivity contribution is -0.186. The molecule has 10 heteroatoms. The SMILES string of the molecule is COC(=O)[C@@]12[C@@H]3O[C@@](c4ccc(C)cc4)(c4oc5ccccc5c(=O)c43)[C@]1(C(=O)OC)[C@@H]1O[C@@]2(c2ccc(C)cc2)c2oc3ccccc3c(=O)c21. The highest BCUT2D eigenvalue weighted by atomic mass is 16.6. The predicted molar refractivity (Wildman–Crippen MR) is 185 cm³/mol. The number of carbonyl (C=O) groups excluding carboxylic acids is 2. The van der Waals surface area contributed by atoms with Crippen molar-refractivity contribution in [2.75, 3.05) is 14.2 Å². The van der Waals surface area contributed by atoms with Gasteiger partial charge in [0.15, 0.2) is 44.4 Å². The van der Waals surface area contributed by atoms with Crippen molar-refractivity contribution in [2.45, 2.75) is 37.3 Å². The van der Waals surface area contributed by atoms with Gasteiger partial charge < -0.3 is 27.8 Å². The normalized spacial score (nSPS) is 28.8. The fraction of sp³-hybridized carbons (Fsp3) is 0.238. The summed E-state index contributed by atoms with van der Waals surface area (Å²) in [6.45, 7) is 3.81. The Morgan fingerprint density at radius 3 is 1.29 bits per heavy atom. The fourth-order valence-corrected chi connectivity index (χ4v) is 9.96. The van der Waals surface area contributed by atoms with Crippen molar-refractivity contribution in [2.24, 2.45) is 10.8 Å². The minimum Gasteiger partial charge on any atom is -0.468 e. The summed E-state index contributed by atoms with van der Waals surface area (Å²) in [5, 5.41) is 0.512. The van der Waals surface area contributed by atoms with Gasteiger partial charge in [0.1, 0.15) is 23.4 Å². The topological polar surface area (TPSA) is 131 Å². The van der Waals surface area contributed by atoms with Gasteiger partial charge >= 0.3 is 11.9 Å². The van der Waals surface area contributed by atoms with E-state index in [4.69, 9.17) is 27.8 Å². The maximum absolute atomic E-state index is 15.4. The average Bonchev–Trinajstić information content (AvgIpc) is 3.87. The molecule has 10 nitrogen and oxygen atoms in total. The minimum atomic E-state index is -2.26. The first-order valence-electron chi connectivity index (χ1n) is 16.9. The van der Waals surface area contributed by atoms with E-state index in [1.54, 1.807) is 72.8 Å². The van der Waals surface area contributed by atoms with Crippen molar-refractivity contribution in [3.63, 3.8) is 0 Å². The number of benzene rings is 4. The minimum absolute atomic E-state index is 0.0249. The molecule has 52 heavy (non-hydrogen) atoms. The van der Waals surface area contributed by atoms with Crippen LogP contribution in [0.3, 0.4) is 0 Å². The molecular formula is C42H30O10. The Morgan fingerprint density at radius 1 is 0.558 bits per heavy atom. The summed E-state index contributed by atoms with van der Waals surface area (Å²) >= 11 is 0. The zero-order valence-electron chi connectivity index (χ0n) is 28.5. The van der Waals surface area contributed by atoms with Gasteiger partial charge in [0.2, 0.25) is 0 Å². The third-order valence-electron chi connectivity index (χ3n) is 11.9. The highest BCUT2D eigenvalue weighted by Gasteiger charge is 3.00. The van der Waals surface area contributed by atoms with Gasteiger partial charge in [-0.2, -0.15) is 0 Å². The smallest absolute Gasteiger partial charge is 0.320 e. The summed E-state index contributed by atoms with van der Waals surface area (Å²) in [7, 11) is 2.42. The molecule has 10 rings (SSSR count). The van der Waals surface area contributed by atoms with Crippen molar-refractivity contribution in [1.82, 2.24) is 0 Å². The number of ether oxygens (including phenoxy) is 4. The summed E-state index contributed by atoms with van der Waals surface area (Å²) in [4.78, 5) is 60.5. The van der Waals surface area contributed by atoms with Crippen LogP contribution < -0.4 is 10.9 Å². The number of carbonyl (C=O) groups is 2. The van der Waals surface area contributed by atoms with Gasteiger partial charge in [-0.15, -0.1) is 0 Å². The number of fused-ring (bicyclic) bond motifs is 17. The first kappa shape index (κ1) is 30.9. The van der Waals surface area contributed by atoms with E-state index >= 15 is 9.59 Å². The molecule has 4 aromatic carbocycles. The Hall–Kier alpha value is -5.84. The first-order chi connectivity index (χ1) is 25.1. The van der Waals surface area contributed by atoms with Crippen LogP contribution >= 0.6 is 0 Å². The van der Waals surface area contributed by atoms with Crippen LogP contribution in [0.25, 0.3) is 21.9 Å². The summed E-state index contributed by atoms with van der Waals surface area (Å²) in [5.41, 5.74) is -6.37. The lowest BCUT2D eigenvalue weighted by Gasteiger charge is -2.53. The third-order valence-corrected chi connectivity index (χ3v) is 11.9. The van der Waals surface area contributed by atoms with E-state index in [1.807, 2.05) is 38.1 Å². The van der Waals surface area contributed by atoms with E-state index in [0.717, 1.165) is 11.1 Å². The van der Waals surface area contributed by atoms with E-state index in [9.17, 15) is 9.59 Å². The number of esters is 2. The number of hydrogen-bond donors (Lipinski definition) is 0. The Labute approximate surface area is 295 Å². The summed E-state index contributed by atoms with van der Waals surface area (Å²) in [5.74, 6) is -1.78. The van der Waals surface area contributed by atoms with E-state index in [1.165, 1.54) is 14.2 Å². The van der Waals surface area contributed by atoms with Crippen LogP contribution in [0.15, 0.2) is 115 Å². The standard InChI is InChI=1S/C42H30O10/c1-21-13-17-23(18-14-21)41-35-29(31(43)25-9-5-7-11-27(25)49-35)34(51-41)40(38(46)48-4)39(41,37(45)47-3)33-30-32(44)26-10-6-8-12-28(26)50-36(30)42(40,52-33)24-19-15-22(2)16-20-24/h5-20,33-34H,1-4H3/t33-,34-,39+,40+,41+,42+/m1/s1. The molecule has 4 aliphatic rings. The largest absolute Gasteiger partial charge is 0.468 e. The second-order valence-corrected chi connectivity index (χ2v) is 14.0. The zero-order valence-corrected chi connectivity index (χ0v) is 28.5. The van der Waals surface area contributed by atoms with Gasteiger partial charge in [0.25, 0.3) is 0 Å². The van der Waals surface area contributed by atoms with Crippen LogP contribution in [-0.2, 0) is 39.7 Å². The van der Waals surface area contributed by atoms with Gasteiger partial charge in [-0.05, 0) is 49.2 Å². The van der Waals surface area contributed by atoms with Crippen LogP contribution in [0.5, 0.6) is 0 Å². The molecule has 2 fully saturated rings. The molecule has 0 saturated carbocycles. The predicted octanol–water partition coefficient (Wildman–Crippen LogP) is 6.19. The summed E-state index contributed by atoms with van der Waals surface area (Å²) in [6.07, 6.45) is -3.04. The highest BCUT2D eigenvalue weighted by Crippen LogP contribution is 2.89. The average molecular weight is 695 g/mol. The summed E-state index contributed by atoms with van der Waals surface area (Å²) < 4.78 is 39.4. The van der Waals surface area contributed by atoms with Crippen molar-refractivity contribution < 1.29 is 37.4 Å². The van der Waals surface area contributed by atoms with E-state index in [0.29, 0.717) is 11.1 Å². The number of rotatable bonds is 4. The van der Waals surface area contributed by atoms with E-state index in [-0.39, 0.29) is 44.6 Å². The number of para-hydroxylation sites is 2. The molecule has 6 aromatic rings. The van der Waals surface area contributed by atoms with Gasteiger partial charge in [0.05, 0.1) is 36.1 Å². The number of aryl methyl sites for hydroxylation is 2. The van der Waals surface area contributed by atoms with Crippen molar-refractivity contribution in [3.8, 4) is 0 Å². The second-order valence-electron chi connectivity index (χ2n) is 14.0. The first-order valence-corrected chi connectivity index (χ1v) is 16.9. The van der Waals surface area contributed by atoms with E-state index in [2.05, 4.69) is 0 Å². The second kappa shape index (κ2) is 9.93. The molecule has 0 spiro atoms. The highest BCUT2D eigenvalue weighted by molar-refractivity contribution is 5.99. The van der Waals surface area contributed by atoms with Crippen molar-refractivity contribution >= 4 is 33.9 Å². The van der Waals surface area contributed by atoms with Crippen molar-refractivity contribution in [3.05, 3.63) is 162 Å². The Morgan fingerprint density at radius 2 is 0.923 bits per heavy atom. The van der Waals surface area contributed by atoms with Crippen LogP contribution in [0.1, 0.15) is 57.1 Å². The zero-order chi connectivity index (χ0) is 35.9. The molecule has 0 radical (unpaired) electrons. The molecule has 4 aliphatic heterocycles. The van der Waals surface area contributed by atoms with Crippen LogP contribution in [0, 0.1) is 24.7 Å². The van der Waals surface area contributed by atoms with Crippen LogP contribution in [-0.4, -0.2) is 26.2 Å². The molecule has 6 atom stereocenters. The lowest BCUT2D eigenvalue weighted by Crippen LogP contribution is -2.68. The summed E-state index contributed by atoms with van der Waals surface area (Å²) in [6, 6.07) is 27.9. The molecule has 4 bridgehead atoms. The van der Waals surface area contributed by atoms with Crippen LogP contribution in [0.2, 0.25) is 0 Å². The number of hydrogen-bond acceptors (Lipinski definition) is 10. The molecule has 0 aliphatic carbocycles. The number of methoxy groups -OCH3 is 2. The lowest BCUT2D eigenvalue weighted by atomic mass is 9.41. The van der Waals surface area contributed by atoms with Gasteiger partial charge in [-0.3, -0.25) is 19.2 Å². The van der Waals surface area contributed by atoms with Crippen LogP contribution in [0.4, 0.5) is 0 Å².